The highest BCUT2D eigenvalue weighted by Crippen LogP contribution is 2.25. The third-order valence-electron chi connectivity index (χ3n) is 2.92. The first-order chi connectivity index (χ1) is 9.04. The molecule has 0 N–H and O–H groups in total. The average molecular weight is 323 g/mol. The van der Waals surface area contributed by atoms with E-state index in [1.165, 1.54) is 13.2 Å². The third-order valence-corrected chi connectivity index (χ3v) is 3.45. The zero-order valence-electron chi connectivity index (χ0n) is 10.5. The highest BCUT2D eigenvalue weighted by Gasteiger charge is 2.16. The molecule has 0 fully saturated rings. The molecule has 2 aromatic rings. The fraction of sp³-hybridized carbons (Fsp3) is 0.133. The van der Waals surface area contributed by atoms with E-state index in [1.54, 1.807) is 37.3 Å². The largest absolute Gasteiger partial charge is 0.494 e. The van der Waals surface area contributed by atoms with Crippen molar-refractivity contribution in [1.29, 1.82) is 0 Å². The molecule has 0 heterocycles. The van der Waals surface area contributed by atoms with E-state index < -0.39 is 5.82 Å². The maximum Gasteiger partial charge on any atom is 0.193 e. The minimum Gasteiger partial charge on any atom is -0.494 e. The van der Waals surface area contributed by atoms with Crippen LogP contribution in [0.1, 0.15) is 21.5 Å². The Morgan fingerprint density at radius 3 is 2.37 bits per heavy atom. The van der Waals surface area contributed by atoms with Gasteiger partial charge in [0.15, 0.2) is 17.3 Å². The van der Waals surface area contributed by atoms with Crippen LogP contribution in [0.15, 0.2) is 40.9 Å². The van der Waals surface area contributed by atoms with Crippen molar-refractivity contribution in [2.45, 2.75) is 6.92 Å². The molecule has 98 valence electrons. The molecule has 0 bridgehead atoms. The SMILES string of the molecule is COc1ccc(C(=O)c2ccc(Br)cc2)c(C)c1F. The zero-order valence-corrected chi connectivity index (χ0v) is 12.1. The number of carbonyl (C=O) groups is 1. The molecule has 0 aliphatic heterocycles. The summed E-state index contributed by atoms with van der Waals surface area (Å²) in [6, 6.07) is 10.0. The molecule has 2 aromatic carbocycles. The predicted molar refractivity (Wildman–Crippen MR) is 75.3 cm³/mol. The fourth-order valence-corrected chi connectivity index (χ4v) is 2.08. The number of ketones is 1. The van der Waals surface area contributed by atoms with Gasteiger partial charge in [-0.25, -0.2) is 4.39 Å². The second kappa shape index (κ2) is 5.53. The van der Waals surface area contributed by atoms with Crippen molar-refractivity contribution in [2.24, 2.45) is 0 Å². The normalized spacial score (nSPS) is 10.3. The minimum atomic E-state index is -0.495. The Kier molecular flexibility index (Phi) is 4.00. The van der Waals surface area contributed by atoms with Gasteiger partial charge in [0.1, 0.15) is 0 Å². The van der Waals surface area contributed by atoms with E-state index in [0.29, 0.717) is 16.7 Å². The number of carbonyl (C=O) groups excluding carboxylic acids is 1. The van der Waals surface area contributed by atoms with Crippen LogP contribution < -0.4 is 4.74 Å². The molecule has 0 atom stereocenters. The fourth-order valence-electron chi connectivity index (χ4n) is 1.82. The third kappa shape index (κ3) is 2.68. The Hall–Kier alpha value is -1.68. The number of rotatable bonds is 3. The predicted octanol–water partition coefficient (Wildman–Crippen LogP) is 4.14. The summed E-state index contributed by atoms with van der Waals surface area (Å²) in [6.45, 7) is 1.57. The molecule has 0 aliphatic carbocycles. The summed E-state index contributed by atoms with van der Waals surface area (Å²) in [7, 11) is 1.40. The lowest BCUT2D eigenvalue weighted by atomic mass is 9.98. The maximum atomic E-state index is 13.9. The van der Waals surface area contributed by atoms with Gasteiger partial charge in [-0.1, -0.05) is 15.9 Å². The highest BCUT2D eigenvalue weighted by atomic mass is 79.9. The van der Waals surface area contributed by atoms with Crippen molar-refractivity contribution in [2.75, 3.05) is 7.11 Å². The second-order valence-corrected chi connectivity index (χ2v) is 5.01. The Labute approximate surface area is 119 Å². The summed E-state index contributed by atoms with van der Waals surface area (Å²) in [5, 5.41) is 0. The van der Waals surface area contributed by atoms with Crippen molar-refractivity contribution >= 4 is 21.7 Å². The minimum absolute atomic E-state index is 0.143. The summed E-state index contributed by atoms with van der Waals surface area (Å²) in [4.78, 5) is 12.3. The second-order valence-electron chi connectivity index (χ2n) is 4.09. The topological polar surface area (TPSA) is 26.3 Å². The van der Waals surface area contributed by atoms with E-state index in [0.717, 1.165) is 4.47 Å². The van der Waals surface area contributed by atoms with E-state index >= 15 is 0 Å². The van der Waals surface area contributed by atoms with Crippen LogP contribution in [0.5, 0.6) is 5.75 Å². The first-order valence-corrected chi connectivity index (χ1v) is 6.47. The Balaban J connectivity index is 2.45. The van der Waals surface area contributed by atoms with Crippen LogP contribution in [0.3, 0.4) is 0 Å². The summed E-state index contributed by atoms with van der Waals surface area (Å²) in [5.41, 5.74) is 1.17. The van der Waals surface area contributed by atoms with Gasteiger partial charge in [0.2, 0.25) is 0 Å². The number of halogens is 2. The summed E-state index contributed by atoms with van der Waals surface area (Å²) in [5.74, 6) is -0.554. The molecule has 0 unspecified atom stereocenters. The number of ether oxygens (including phenoxy) is 1. The van der Waals surface area contributed by atoms with Crippen LogP contribution in [0.2, 0.25) is 0 Å². The molecule has 0 saturated heterocycles. The summed E-state index contributed by atoms with van der Waals surface area (Å²) < 4.78 is 19.7. The van der Waals surface area contributed by atoms with Gasteiger partial charge < -0.3 is 4.74 Å². The number of hydrogen-bond donors (Lipinski definition) is 0. The maximum absolute atomic E-state index is 13.9. The van der Waals surface area contributed by atoms with E-state index in [2.05, 4.69) is 15.9 Å². The summed E-state index contributed by atoms with van der Waals surface area (Å²) >= 11 is 3.31. The molecule has 0 amide bonds. The number of hydrogen-bond acceptors (Lipinski definition) is 2. The monoisotopic (exact) mass is 322 g/mol. The first kappa shape index (κ1) is 13.7. The van der Waals surface area contributed by atoms with Gasteiger partial charge in [-0.05, 0) is 48.9 Å². The van der Waals surface area contributed by atoms with Crippen molar-refractivity contribution in [3.8, 4) is 5.75 Å². The molecular formula is C15H12BrFO2. The van der Waals surface area contributed by atoms with Gasteiger partial charge in [-0.3, -0.25) is 4.79 Å². The lowest BCUT2D eigenvalue weighted by Crippen LogP contribution is -2.06. The Morgan fingerprint density at radius 1 is 1.16 bits per heavy atom. The van der Waals surface area contributed by atoms with Gasteiger partial charge >= 0.3 is 0 Å². The lowest BCUT2D eigenvalue weighted by molar-refractivity contribution is 0.103. The quantitative estimate of drug-likeness (QED) is 0.794. The smallest absolute Gasteiger partial charge is 0.193 e. The molecule has 2 nitrogen and oxygen atoms in total. The molecule has 0 radical (unpaired) electrons. The van der Waals surface area contributed by atoms with Gasteiger partial charge in [-0.15, -0.1) is 0 Å². The van der Waals surface area contributed by atoms with Gasteiger partial charge in [-0.2, -0.15) is 0 Å². The van der Waals surface area contributed by atoms with Crippen LogP contribution in [0.25, 0.3) is 0 Å². The van der Waals surface area contributed by atoms with Crippen molar-refractivity contribution in [1.82, 2.24) is 0 Å². The zero-order chi connectivity index (χ0) is 14.0. The standard InChI is InChI=1S/C15H12BrFO2/c1-9-12(7-8-13(19-2)14(9)17)15(18)10-3-5-11(16)6-4-10/h3-8H,1-2H3. The van der Waals surface area contributed by atoms with Crippen LogP contribution in [0, 0.1) is 12.7 Å². The molecule has 19 heavy (non-hydrogen) atoms. The molecule has 0 saturated carbocycles. The number of benzene rings is 2. The molecule has 0 aromatic heterocycles. The molecule has 0 aliphatic rings. The lowest BCUT2D eigenvalue weighted by Gasteiger charge is -2.09. The van der Waals surface area contributed by atoms with Gasteiger partial charge in [0.05, 0.1) is 7.11 Å². The van der Waals surface area contributed by atoms with Gasteiger partial charge in [0, 0.05) is 15.6 Å². The molecule has 2 rings (SSSR count). The van der Waals surface area contributed by atoms with E-state index in [9.17, 15) is 9.18 Å². The molecule has 4 heteroatoms. The van der Waals surface area contributed by atoms with Crippen molar-refractivity contribution in [3.63, 3.8) is 0 Å². The van der Waals surface area contributed by atoms with Crippen LogP contribution in [-0.2, 0) is 0 Å². The van der Waals surface area contributed by atoms with Crippen LogP contribution in [0.4, 0.5) is 4.39 Å². The van der Waals surface area contributed by atoms with Crippen molar-refractivity contribution in [3.05, 3.63) is 63.4 Å². The van der Waals surface area contributed by atoms with E-state index in [-0.39, 0.29) is 11.5 Å². The molecule has 0 spiro atoms. The average Bonchev–Trinajstić information content (AvgIpc) is 2.42. The highest BCUT2D eigenvalue weighted by molar-refractivity contribution is 9.10. The Morgan fingerprint density at radius 2 is 1.79 bits per heavy atom. The number of methoxy groups -OCH3 is 1. The Bertz CT molecular complexity index is 621. The van der Waals surface area contributed by atoms with Crippen LogP contribution >= 0.6 is 15.9 Å². The van der Waals surface area contributed by atoms with E-state index in [4.69, 9.17) is 4.74 Å². The summed E-state index contributed by atoms with van der Waals surface area (Å²) in [6.07, 6.45) is 0. The molecular weight excluding hydrogens is 311 g/mol. The van der Waals surface area contributed by atoms with Gasteiger partial charge in [0.25, 0.3) is 0 Å². The van der Waals surface area contributed by atoms with Crippen LogP contribution in [-0.4, -0.2) is 12.9 Å². The van der Waals surface area contributed by atoms with E-state index in [1.807, 2.05) is 0 Å². The first-order valence-electron chi connectivity index (χ1n) is 5.68. The van der Waals surface area contributed by atoms with Crippen molar-refractivity contribution < 1.29 is 13.9 Å².